The van der Waals surface area contributed by atoms with Gasteiger partial charge in [-0.15, -0.1) is 0 Å². The molecule has 0 saturated carbocycles. The van der Waals surface area contributed by atoms with Crippen LogP contribution in [-0.2, 0) is 16.0 Å². The van der Waals surface area contributed by atoms with Crippen molar-refractivity contribution in [3.63, 3.8) is 0 Å². The van der Waals surface area contributed by atoms with Crippen LogP contribution in [-0.4, -0.2) is 33.3 Å². The van der Waals surface area contributed by atoms with Crippen LogP contribution in [0.25, 0.3) is 11.4 Å². The van der Waals surface area contributed by atoms with Crippen LogP contribution in [0.3, 0.4) is 0 Å². The molecular weight excluding hydrogens is 454 g/mol. The van der Waals surface area contributed by atoms with Gasteiger partial charge in [-0.05, 0) is 49.6 Å². The molecule has 8 nitrogen and oxygen atoms in total. The molecular formula is C28H35N5O3. The van der Waals surface area contributed by atoms with E-state index >= 15 is 0 Å². The minimum absolute atomic E-state index is 0.270. The molecule has 0 spiro atoms. The number of hydrogen-bond donors (Lipinski definition) is 2. The highest BCUT2D eigenvalue weighted by atomic mass is 17.1. The van der Waals surface area contributed by atoms with Gasteiger partial charge in [0, 0.05) is 24.4 Å². The summed E-state index contributed by atoms with van der Waals surface area (Å²) in [6.07, 6.45) is 13.8. The first-order valence-electron chi connectivity index (χ1n) is 11.6. The molecule has 0 unspecified atom stereocenters. The van der Waals surface area contributed by atoms with E-state index in [-0.39, 0.29) is 5.76 Å². The van der Waals surface area contributed by atoms with E-state index < -0.39 is 0 Å². The Morgan fingerprint density at radius 3 is 2.69 bits per heavy atom. The van der Waals surface area contributed by atoms with Crippen molar-refractivity contribution in [3.05, 3.63) is 103 Å². The second-order valence-corrected chi connectivity index (χ2v) is 7.72. The van der Waals surface area contributed by atoms with Gasteiger partial charge in [-0.3, -0.25) is 0 Å². The Bertz CT molecular complexity index is 1200. The zero-order valence-electron chi connectivity index (χ0n) is 21.5. The Balaban J connectivity index is 2.79. The van der Waals surface area contributed by atoms with E-state index in [0.717, 1.165) is 23.2 Å². The molecule has 190 valence electrons. The third-order valence-electron chi connectivity index (χ3n) is 5.20. The minimum atomic E-state index is 0.270. The van der Waals surface area contributed by atoms with Crippen LogP contribution in [0.4, 0.5) is 5.82 Å². The Morgan fingerprint density at radius 2 is 2.11 bits per heavy atom. The van der Waals surface area contributed by atoms with Crippen LogP contribution in [0.5, 0.6) is 0 Å². The van der Waals surface area contributed by atoms with Crippen molar-refractivity contribution < 1.29 is 14.9 Å². The molecule has 0 aliphatic carbocycles. The lowest BCUT2D eigenvalue weighted by atomic mass is 10.0. The van der Waals surface area contributed by atoms with Crippen LogP contribution in [0.1, 0.15) is 43.5 Å². The van der Waals surface area contributed by atoms with Crippen LogP contribution in [0.2, 0.25) is 0 Å². The first kappa shape index (κ1) is 28.1. The Labute approximate surface area is 213 Å². The summed E-state index contributed by atoms with van der Waals surface area (Å²) in [5, 5.41) is 17.9. The lowest BCUT2D eigenvalue weighted by Crippen LogP contribution is -2.11. The van der Waals surface area contributed by atoms with Gasteiger partial charge in [-0.25, -0.2) is 15.2 Å². The maximum atomic E-state index is 9.60. The predicted octanol–water partition coefficient (Wildman–Crippen LogP) is 6.55. The largest absolute Gasteiger partial charge is 0.481 e. The summed E-state index contributed by atoms with van der Waals surface area (Å²) in [4.78, 5) is 13.7. The number of nitrogens with one attached hydrogen (secondary N) is 1. The number of aromatic nitrogens is 3. The number of nitrogens with zero attached hydrogens (tertiary/aromatic N) is 4. The fourth-order valence-electron chi connectivity index (χ4n) is 3.46. The lowest BCUT2D eigenvalue weighted by molar-refractivity contribution is -0.205. The van der Waals surface area contributed by atoms with Crippen molar-refractivity contribution in [1.82, 2.24) is 14.8 Å². The molecule has 8 heteroatoms. The third kappa shape index (κ3) is 6.93. The molecule has 2 rings (SSSR count). The summed E-state index contributed by atoms with van der Waals surface area (Å²) >= 11 is 0. The topological polar surface area (TPSA) is 93.8 Å². The highest BCUT2D eigenvalue weighted by molar-refractivity contribution is 6.11. The second-order valence-electron chi connectivity index (χ2n) is 7.72. The predicted molar refractivity (Wildman–Crippen MR) is 147 cm³/mol. The Hall–Kier alpha value is -4.17. The van der Waals surface area contributed by atoms with E-state index in [2.05, 4.69) is 42.0 Å². The van der Waals surface area contributed by atoms with Gasteiger partial charge < -0.3 is 14.9 Å². The molecule has 2 aromatic heterocycles. The van der Waals surface area contributed by atoms with Crippen LogP contribution in [0, 0.1) is 6.92 Å². The summed E-state index contributed by atoms with van der Waals surface area (Å²) < 4.78 is 6.99. The summed E-state index contributed by atoms with van der Waals surface area (Å²) in [6.45, 7) is 17.7. The number of aryl methyl sites for hydroxylation is 2. The Kier molecular flexibility index (Phi) is 11.1. The highest BCUT2D eigenvalue weighted by Crippen LogP contribution is 2.32. The molecule has 0 amide bonds. The first-order chi connectivity index (χ1) is 17.4. The fraction of sp³-hybridized carbons (Fsp3) is 0.250. The zero-order chi connectivity index (χ0) is 26.5. The van der Waals surface area contributed by atoms with Gasteiger partial charge in [0.05, 0.1) is 18.5 Å². The molecule has 0 saturated heterocycles. The van der Waals surface area contributed by atoms with Gasteiger partial charge in [0.15, 0.2) is 11.6 Å². The Morgan fingerprint density at radius 1 is 1.33 bits per heavy atom. The molecule has 2 heterocycles. The number of allylic oxidation sites excluding steroid dienone is 6. The van der Waals surface area contributed by atoms with Gasteiger partial charge >= 0.3 is 0 Å². The average Bonchev–Trinajstić information content (AvgIpc) is 3.24. The highest BCUT2D eigenvalue weighted by Gasteiger charge is 2.23. The van der Waals surface area contributed by atoms with Crippen molar-refractivity contribution in [3.8, 4) is 5.82 Å². The van der Waals surface area contributed by atoms with Gasteiger partial charge in [-0.2, -0.15) is 9.78 Å². The maximum absolute atomic E-state index is 9.60. The number of methoxy groups -OCH3 is 1. The van der Waals surface area contributed by atoms with Gasteiger partial charge in [-0.1, -0.05) is 57.4 Å². The number of rotatable bonds is 14. The van der Waals surface area contributed by atoms with Crippen molar-refractivity contribution in [1.29, 1.82) is 0 Å². The van der Waals surface area contributed by atoms with E-state index in [9.17, 15) is 5.26 Å². The zero-order valence-corrected chi connectivity index (χ0v) is 21.5. The molecule has 2 N–H and O–H groups in total. The molecule has 0 bridgehead atoms. The van der Waals surface area contributed by atoms with E-state index in [0.29, 0.717) is 41.6 Å². The van der Waals surface area contributed by atoms with Gasteiger partial charge in [0.1, 0.15) is 5.82 Å². The van der Waals surface area contributed by atoms with Gasteiger partial charge in [0.2, 0.25) is 5.88 Å². The smallest absolute Gasteiger partial charge is 0.208 e. The van der Waals surface area contributed by atoms with E-state index in [1.165, 1.54) is 0 Å². The molecule has 0 fully saturated rings. The number of pyridine rings is 1. The van der Waals surface area contributed by atoms with Crippen LogP contribution >= 0.6 is 0 Å². The molecule has 0 radical (unpaired) electrons. The molecule has 2 aromatic rings. The summed E-state index contributed by atoms with van der Waals surface area (Å²) in [6, 6.07) is 3.84. The van der Waals surface area contributed by atoms with Gasteiger partial charge in [0.25, 0.3) is 0 Å². The monoisotopic (exact) mass is 489 g/mol. The third-order valence-corrected chi connectivity index (χ3v) is 5.20. The van der Waals surface area contributed by atoms with Crippen molar-refractivity contribution in [2.24, 2.45) is 4.99 Å². The van der Waals surface area contributed by atoms with E-state index in [4.69, 9.17) is 14.7 Å². The second kappa shape index (κ2) is 14.3. The summed E-state index contributed by atoms with van der Waals surface area (Å²) in [5.74, 6) is 1.98. The van der Waals surface area contributed by atoms with E-state index in [1.54, 1.807) is 48.5 Å². The number of hydrogen-bond acceptors (Lipinski definition) is 7. The average molecular weight is 490 g/mol. The van der Waals surface area contributed by atoms with Crippen molar-refractivity contribution in [2.75, 3.05) is 12.4 Å². The molecule has 0 aliphatic heterocycles. The maximum Gasteiger partial charge on any atom is 0.208 e. The lowest BCUT2D eigenvalue weighted by Gasteiger charge is -2.15. The molecule has 0 aromatic carbocycles. The fourth-order valence-corrected chi connectivity index (χ4v) is 3.46. The van der Waals surface area contributed by atoms with Crippen molar-refractivity contribution >= 4 is 17.6 Å². The quantitative estimate of drug-likeness (QED) is 0.103. The number of anilines is 1. The SMILES string of the molecule is C=C/C=C\C/C(OO)=C(\C=C)Nc1c(C(=C)/C=N\C(=C/C)OC)c(CCC)nn1-c1ncccc1C. The van der Waals surface area contributed by atoms with Crippen LogP contribution < -0.4 is 5.32 Å². The molecule has 0 atom stereocenters. The standard InChI is InChI=1S/C28H35N5O3/c1-8-12-13-17-24(36-34)22(10-3)31-28-26(21(6)19-30-25(11-4)35-7)23(15-9-2)32-33(28)27-20(5)16-14-18-29-27/h8,10-14,16,18-19,31,34H,1,3,6,9,15,17H2,2,4-5,7H3/b13-12-,24-22-,25-11+,30-19-. The molecule has 0 aliphatic rings. The summed E-state index contributed by atoms with van der Waals surface area (Å²) in [7, 11) is 1.56. The normalized spacial score (nSPS) is 12.5. The van der Waals surface area contributed by atoms with E-state index in [1.807, 2.05) is 32.1 Å². The first-order valence-corrected chi connectivity index (χ1v) is 11.6. The molecule has 36 heavy (non-hydrogen) atoms. The van der Waals surface area contributed by atoms with Crippen molar-refractivity contribution in [2.45, 2.75) is 40.0 Å². The summed E-state index contributed by atoms with van der Waals surface area (Å²) in [5.41, 5.74) is 3.60. The number of ether oxygens (including phenoxy) is 1. The minimum Gasteiger partial charge on any atom is -0.481 e. The number of aliphatic imine (C=N–C) groups is 1. The van der Waals surface area contributed by atoms with Crippen LogP contribution in [0.15, 0.2) is 90.8 Å².